The first-order valence-electron chi connectivity index (χ1n) is 8.41. The molecule has 0 saturated heterocycles. The highest BCUT2D eigenvalue weighted by molar-refractivity contribution is 9.10. The Morgan fingerprint density at radius 1 is 1.10 bits per heavy atom. The Morgan fingerprint density at radius 2 is 1.81 bits per heavy atom. The van der Waals surface area contributed by atoms with Crippen molar-refractivity contribution in [2.45, 2.75) is 71.8 Å². The van der Waals surface area contributed by atoms with Gasteiger partial charge >= 0.3 is 0 Å². The summed E-state index contributed by atoms with van der Waals surface area (Å²) >= 11 is 3.69. The Labute approximate surface area is 140 Å². The molecule has 120 valence electrons. The maximum absolute atomic E-state index is 3.69. The lowest BCUT2D eigenvalue weighted by Crippen LogP contribution is -2.39. The van der Waals surface area contributed by atoms with Crippen molar-refractivity contribution >= 4 is 15.9 Å². The van der Waals surface area contributed by atoms with Gasteiger partial charge in [0.2, 0.25) is 0 Å². The van der Waals surface area contributed by atoms with E-state index in [1.54, 1.807) is 0 Å². The third-order valence-electron chi connectivity index (χ3n) is 3.85. The number of unbranched alkanes of at least 4 members (excludes halogenated alkanes) is 3. The summed E-state index contributed by atoms with van der Waals surface area (Å²) in [4.78, 5) is 0. The van der Waals surface area contributed by atoms with Gasteiger partial charge in [-0.1, -0.05) is 66.7 Å². The van der Waals surface area contributed by atoms with Gasteiger partial charge in [-0.25, -0.2) is 0 Å². The highest BCUT2D eigenvalue weighted by Gasteiger charge is 2.15. The molecule has 21 heavy (non-hydrogen) atoms. The van der Waals surface area contributed by atoms with Gasteiger partial charge in [0.05, 0.1) is 0 Å². The Hall–Kier alpha value is -0.340. The van der Waals surface area contributed by atoms with Crippen molar-refractivity contribution in [2.24, 2.45) is 5.92 Å². The molecule has 0 fully saturated rings. The lowest BCUT2D eigenvalue weighted by molar-refractivity contribution is 0.349. The van der Waals surface area contributed by atoms with E-state index in [0.29, 0.717) is 0 Å². The van der Waals surface area contributed by atoms with Crippen LogP contribution < -0.4 is 5.32 Å². The second-order valence-electron chi connectivity index (χ2n) is 7.14. The molecule has 1 aromatic rings. The van der Waals surface area contributed by atoms with E-state index in [1.807, 2.05) is 0 Å². The molecule has 0 bridgehead atoms. The molecule has 1 unspecified atom stereocenters. The molecule has 0 aliphatic rings. The molecule has 1 N–H and O–H groups in total. The zero-order valence-corrected chi connectivity index (χ0v) is 15.8. The number of nitrogens with one attached hydrogen (secondary N) is 1. The van der Waals surface area contributed by atoms with E-state index >= 15 is 0 Å². The van der Waals surface area contributed by atoms with Crippen LogP contribution in [0.5, 0.6) is 0 Å². The summed E-state index contributed by atoms with van der Waals surface area (Å²) in [5.41, 5.74) is 1.64. The summed E-state index contributed by atoms with van der Waals surface area (Å²) in [5.74, 6) is 0.722. The number of halogens is 1. The zero-order valence-electron chi connectivity index (χ0n) is 14.2. The quantitative estimate of drug-likeness (QED) is 0.539. The number of benzene rings is 1. The minimum Gasteiger partial charge on any atom is -0.312 e. The standard InChI is InChI=1S/C19H32BrN/c1-5-6-7-8-11-16(15-21-19(2,3)4)14-17-12-9-10-13-18(17)20/h9-10,12-13,16,21H,5-8,11,14-15H2,1-4H3. The fourth-order valence-electron chi connectivity index (χ4n) is 2.56. The predicted molar refractivity (Wildman–Crippen MR) is 97.9 cm³/mol. The summed E-state index contributed by atoms with van der Waals surface area (Å²) in [6.07, 6.45) is 7.90. The van der Waals surface area contributed by atoms with E-state index in [9.17, 15) is 0 Å². The highest BCUT2D eigenvalue weighted by atomic mass is 79.9. The molecule has 1 nitrogen and oxygen atoms in total. The van der Waals surface area contributed by atoms with Crippen LogP contribution in [-0.2, 0) is 6.42 Å². The Balaban J connectivity index is 2.56. The molecule has 1 atom stereocenters. The summed E-state index contributed by atoms with van der Waals surface area (Å²) < 4.78 is 1.25. The zero-order chi connectivity index (χ0) is 15.7. The fraction of sp³-hybridized carbons (Fsp3) is 0.684. The first-order valence-corrected chi connectivity index (χ1v) is 9.20. The smallest absolute Gasteiger partial charge is 0.0207 e. The average molecular weight is 354 g/mol. The van der Waals surface area contributed by atoms with Crippen molar-refractivity contribution in [1.29, 1.82) is 0 Å². The number of hydrogen-bond acceptors (Lipinski definition) is 1. The molecule has 0 spiro atoms. The average Bonchev–Trinajstić information content (AvgIpc) is 2.42. The molecular weight excluding hydrogens is 322 g/mol. The van der Waals surface area contributed by atoms with E-state index < -0.39 is 0 Å². The molecule has 0 saturated carbocycles. The van der Waals surface area contributed by atoms with Crippen molar-refractivity contribution in [2.75, 3.05) is 6.54 Å². The Morgan fingerprint density at radius 3 is 2.43 bits per heavy atom. The van der Waals surface area contributed by atoms with Crippen molar-refractivity contribution in [3.63, 3.8) is 0 Å². The van der Waals surface area contributed by atoms with Gasteiger partial charge < -0.3 is 5.32 Å². The minimum atomic E-state index is 0.204. The van der Waals surface area contributed by atoms with Gasteiger partial charge in [-0.3, -0.25) is 0 Å². The minimum absolute atomic E-state index is 0.204. The molecule has 0 aromatic heterocycles. The molecule has 0 amide bonds. The summed E-state index contributed by atoms with van der Waals surface area (Å²) in [6, 6.07) is 8.64. The van der Waals surface area contributed by atoms with E-state index in [-0.39, 0.29) is 5.54 Å². The van der Waals surface area contributed by atoms with Gasteiger partial charge in [0.25, 0.3) is 0 Å². The van der Waals surface area contributed by atoms with Crippen molar-refractivity contribution in [1.82, 2.24) is 5.32 Å². The van der Waals surface area contributed by atoms with E-state index in [1.165, 1.54) is 42.1 Å². The maximum Gasteiger partial charge on any atom is 0.0207 e. The molecule has 2 heteroatoms. The third kappa shape index (κ3) is 8.63. The van der Waals surface area contributed by atoms with Gasteiger partial charge in [0.1, 0.15) is 0 Å². The molecule has 1 rings (SSSR count). The predicted octanol–water partition coefficient (Wildman–Crippen LogP) is 5.97. The van der Waals surface area contributed by atoms with Gasteiger partial charge in [0.15, 0.2) is 0 Å². The van der Waals surface area contributed by atoms with Crippen LogP contribution in [0.15, 0.2) is 28.7 Å². The molecule has 0 aliphatic heterocycles. The van der Waals surface area contributed by atoms with Gasteiger partial charge in [0, 0.05) is 10.0 Å². The second kappa shape index (κ2) is 9.63. The SMILES string of the molecule is CCCCCCC(CNC(C)(C)C)Cc1ccccc1Br. The molecule has 1 aromatic carbocycles. The monoisotopic (exact) mass is 353 g/mol. The van der Waals surface area contributed by atoms with Gasteiger partial charge in [-0.05, 0) is 57.7 Å². The second-order valence-corrected chi connectivity index (χ2v) is 8.00. The molecule has 0 radical (unpaired) electrons. The van der Waals surface area contributed by atoms with Crippen LogP contribution in [0.4, 0.5) is 0 Å². The normalized spacial score (nSPS) is 13.4. The number of rotatable bonds is 9. The molecular formula is C19H32BrN. The van der Waals surface area contributed by atoms with Crippen molar-refractivity contribution < 1.29 is 0 Å². The molecule has 0 heterocycles. The summed E-state index contributed by atoms with van der Waals surface area (Å²) in [7, 11) is 0. The first kappa shape index (κ1) is 18.7. The van der Waals surface area contributed by atoms with Crippen molar-refractivity contribution in [3.8, 4) is 0 Å². The lowest BCUT2D eigenvalue weighted by Gasteiger charge is -2.26. The van der Waals surface area contributed by atoms with Crippen LogP contribution in [0.1, 0.15) is 65.4 Å². The van der Waals surface area contributed by atoms with Crippen LogP contribution in [0.25, 0.3) is 0 Å². The summed E-state index contributed by atoms with van der Waals surface area (Å²) in [6.45, 7) is 10.1. The van der Waals surface area contributed by atoms with Gasteiger partial charge in [-0.2, -0.15) is 0 Å². The number of hydrogen-bond donors (Lipinski definition) is 1. The van der Waals surface area contributed by atoms with Crippen molar-refractivity contribution in [3.05, 3.63) is 34.3 Å². The maximum atomic E-state index is 3.69. The van der Waals surface area contributed by atoms with Crippen LogP contribution in [0.3, 0.4) is 0 Å². The van der Waals surface area contributed by atoms with E-state index in [2.05, 4.69) is 73.2 Å². The van der Waals surface area contributed by atoms with E-state index in [0.717, 1.165) is 18.9 Å². The van der Waals surface area contributed by atoms with Crippen LogP contribution in [0.2, 0.25) is 0 Å². The Kier molecular flexibility index (Phi) is 8.58. The molecule has 0 aliphatic carbocycles. The Bertz CT molecular complexity index is 395. The largest absolute Gasteiger partial charge is 0.312 e. The van der Waals surface area contributed by atoms with Crippen LogP contribution in [0, 0.1) is 5.92 Å². The van der Waals surface area contributed by atoms with Crippen LogP contribution in [-0.4, -0.2) is 12.1 Å². The van der Waals surface area contributed by atoms with Crippen LogP contribution >= 0.6 is 15.9 Å². The summed E-state index contributed by atoms with van der Waals surface area (Å²) in [5, 5.41) is 3.69. The highest BCUT2D eigenvalue weighted by Crippen LogP contribution is 2.22. The third-order valence-corrected chi connectivity index (χ3v) is 4.63. The first-order chi connectivity index (χ1) is 9.92. The fourth-order valence-corrected chi connectivity index (χ4v) is 3.01. The van der Waals surface area contributed by atoms with E-state index in [4.69, 9.17) is 0 Å². The van der Waals surface area contributed by atoms with Gasteiger partial charge in [-0.15, -0.1) is 0 Å². The topological polar surface area (TPSA) is 12.0 Å². The lowest BCUT2D eigenvalue weighted by atomic mass is 9.92.